The summed E-state index contributed by atoms with van der Waals surface area (Å²) in [4.78, 5) is 22.7. The third kappa shape index (κ3) is 1.51. The van der Waals surface area contributed by atoms with Gasteiger partial charge in [-0.15, -0.1) is 0 Å². The van der Waals surface area contributed by atoms with Crippen molar-refractivity contribution in [1.82, 2.24) is 0 Å². The zero-order chi connectivity index (χ0) is 12.2. The maximum Gasteiger partial charge on any atom is 0.346 e. The van der Waals surface area contributed by atoms with Gasteiger partial charge in [-0.2, -0.15) is 0 Å². The first-order valence-corrected chi connectivity index (χ1v) is 5.51. The standard InChI is InChI=1S/C12H4Cl2O3/c13-9-3-5-1-7-8(12(16)17-11(7)15)2-6(5)4-10(9)14/h1-4H. The van der Waals surface area contributed by atoms with E-state index in [1.54, 1.807) is 24.3 Å². The van der Waals surface area contributed by atoms with Crippen LogP contribution in [0.1, 0.15) is 20.7 Å². The summed E-state index contributed by atoms with van der Waals surface area (Å²) < 4.78 is 4.52. The van der Waals surface area contributed by atoms with E-state index in [4.69, 9.17) is 23.2 Å². The number of ether oxygens (including phenoxy) is 1. The smallest absolute Gasteiger partial charge is 0.346 e. The van der Waals surface area contributed by atoms with Crippen LogP contribution < -0.4 is 0 Å². The summed E-state index contributed by atoms with van der Waals surface area (Å²) in [6, 6.07) is 6.46. The Morgan fingerprint density at radius 1 is 0.765 bits per heavy atom. The van der Waals surface area contributed by atoms with E-state index in [9.17, 15) is 9.59 Å². The van der Waals surface area contributed by atoms with Crippen LogP contribution in [0.4, 0.5) is 0 Å². The third-order valence-corrected chi connectivity index (χ3v) is 3.36. The molecule has 1 aliphatic heterocycles. The molecule has 3 nitrogen and oxygen atoms in total. The maximum atomic E-state index is 11.4. The molecular formula is C12H4Cl2O3. The summed E-state index contributed by atoms with van der Waals surface area (Å²) >= 11 is 11.8. The quantitative estimate of drug-likeness (QED) is 0.542. The van der Waals surface area contributed by atoms with Gasteiger partial charge in [-0.1, -0.05) is 23.2 Å². The zero-order valence-corrected chi connectivity index (χ0v) is 9.80. The van der Waals surface area contributed by atoms with Crippen molar-refractivity contribution < 1.29 is 14.3 Å². The van der Waals surface area contributed by atoms with Gasteiger partial charge in [0.15, 0.2) is 0 Å². The molecule has 17 heavy (non-hydrogen) atoms. The van der Waals surface area contributed by atoms with Crippen LogP contribution in [0.15, 0.2) is 24.3 Å². The Kier molecular flexibility index (Phi) is 2.15. The van der Waals surface area contributed by atoms with Gasteiger partial charge in [-0.3, -0.25) is 0 Å². The fourth-order valence-corrected chi connectivity index (χ4v) is 2.17. The first kappa shape index (κ1) is 10.6. The van der Waals surface area contributed by atoms with Crippen LogP contribution >= 0.6 is 23.2 Å². The third-order valence-electron chi connectivity index (χ3n) is 2.64. The average Bonchev–Trinajstić information content (AvgIpc) is 2.54. The molecule has 0 N–H and O–H groups in total. The lowest BCUT2D eigenvalue weighted by Gasteiger charge is -2.02. The van der Waals surface area contributed by atoms with Gasteiger partial charge >= 0.3 is 11.9 Å². The SMILES string of the molecule is O=C1OC(=O)c2cc3cc(Cl)c(Cl)cc3cc21. The molecule has 2 aromatic carbocycles. The van der Waals surface area contributed by atoms with E-state index in [1.165, 1.54) is 0 Å². The van der Waals surface area contributed by atoms with Crippen molar-refractivity contribution in [2.45, 2.75) is 0 Å². The van der Waals surface area contributed by atoms with Gasteiger partial charge in [0.1, 0.15) is 0 Å². The minimum absolute atomic E-state index is 0.265. The van der Waals surface area contributed by atoms with Gasteiger partial charge in [0.2, 0.25) is 0 Å². The van der Waals surface area contributed by atoms with Gasteiger partial charge in [0, 0.05) is 0 Å². The molecule has 0 radical (unpaired) electrons. The first-order valence-electron chi connectivity index (χ1n) is 4.75. The van der Waals surface area contributed by atoms with E-state index in [2.05, 4.69) is 4.74 Å². The van der Waals surface area contributed by atoms with Crippen molar-refractivity contribution in [3.63, 3.8) is 0 Å². The van der Waals surface area contributed by atoms with E-state index in [0.717, 1.165) is 10.8 Å². The predicted molar refractivity (Wildman–Crippen MR) is 63.7 cm³/mol. The molecular weight excluding hydrogens is 263 g/mol. The minimum atomic E-state index is -0.627. The first-order chi connectivity index (χ1) is 8.06. The summed E-state index contributed by atoms with van der Waals surface area (Å²) in [7, 11) is 0. The second kappa shape index (κ2) is 3.45. The van der Waals surface area contributed by atoms with Crippen molar-refractivity contribution in [3.8, 4) is 0 Å². The van der Waals surface area contributed by atoms with Crippen LogP contribution in [0.25, 0.3) is 10.8 Å². The Morgan fingerprint density at radius 2 is 1.18 bits per heavy atom. The second-order valence-corrected chi connectivity index (χ2v) is 4.50. The van der Waals surface area contributed by atoms with Crippen LogP contribution in [-0.2, 0) is 4.74 Å². The molecule has 0 fully saturated rings. The van der Waals surface area contributed by atoms with E-state index in [-0.39, 0.29) is 11.1 Å². The summed E-state index contributed by atoms with van der Waals surface area (Å²) in [5, 5.41) is 2.28. The van der Waals surface area contributed by atoms with Crippen molar-refractivity contribution >= 4 is 45.9 Å². The summed E-state index contributed by atoms with van der Waals surface area (Å²) in [5.74, 6) is -1.25. The number of cyclic esters (lactones) is 2. The normalized spacial score (nSPS) is 14.0. The molecule has 0 amide bonds. The number of esters is 2. The highest BCUT2D eigenvalue weighted by Crippen LogP contribution is 2.31. The number of halogens is 2. The van der Waals surface area contributed by atoms with E-state index >= 15 is 0 Å². The molecule has 0 aromatic heterocycles. The highest BCUT2D eigenvalue weighted by atomic mass is 35.5. The molecule has 0 saturated heterocycles. The Labute approximate surface area is 106 Å². The van der Waals surface area contributed by atoms with Crippen molar-refractivity contribution in [1.29, 1.82) is 0 Å². The summed E-state index contributed by atoms with van der Waals surface area (Å²) in [6.45, 7) is 0. The lowest BCUT2D eigenvalue weighted by atomic mass is 10.0. The molecule has 0 spiro atoms. The van der Waals surface area contributed by atoms with Gasteiger partial charge in [-0.25, -0.2) is 9.59 Å². The number of carbonyl (C=O) groups excluding carboxylic acids is 2. The van der Waals surface area contributed by atoms with Crippen LogP contribution in [-0.4, -0.2) is 11.9 Å². The molecule has 2 aromatic rings. The molecule has 0 bridgehead atoms. The molecule has 0 aliphatic carbocycles. The molecule has 84 valence electrons. The Hall–Kier alpha value is -1.58. The van der Waals surface area contributed by atoms with Crippen molar-refractivity contribution in [2.24, 2.45) is 0 Å². The summed E-state index contributed by atoms with van der Waals surface area (Å²) in [5.41, 5.74) is 0.529. The Balaban J connectivity index is 2.39. The van der Waals surface area contributed by atoms with E-state index in [1.807, 2.05) is 0 Å². The van der Waals surface area contributed by atoms with Gasteiger partial charge < -0.3 is 4.74 Å². The van der Waals surface area contributed by atoms with Crippen LogP contribution in [0.5, 0.6) is 0 Å². The minimum Gasteiger partial charge on any atom is -0.386 e. The molecule has 0 unspecified atom stereocenters. The van der Waals surface area contributed by atoms with E-state index < -0.39 is 11.9 Å². The molecule has 0 saturated carbocycles. The van der Waals surface area contributed by atoms with Crippen LogP contribution in [0.3, 0.4) is 0 Å². The zero-order valence-electron chi connectivity index (χ0n) is 8.29. The Morgan fingerprint density at radius 3 is 1.59 bits per heavy atom. The van der Waals surface area contributed by atoms with Gasteiger partial charge in [-0.05, 0) is 35.0 Å². The number of rotatable bonds is 0. The van der Waals surface area contributed by atoms with Crippen molar-refractivity contribution in [2.75, 3.05) is 0 Å². The van der Waals surface area contributed by atoms with Crippen molar-refractivity contribution in [3.05, 3.63) is 45.4 Å². The maximum absolute atomic E-state index is 11.4. The van der Waals surface area contributed by atoms with Crippen LogP contribution in [0, 0.1) is 0 Å². The fourth-order valence-electron chi connectivity index (χ4n) is 1.83. The van der Waals surface area contributed by atoms with Gasteiger partial charge in [0.05, 0.1) is 21.2 Å². The molecule has 5 heteroatoms. The molecule has 1 heterocycles. The monoisotopic (exact) mass is 266 g/mol. The van der Waals surface area contributed by atoms with Crippen LogP contribution in [0.2, 0.25) is 10.0 Å². The Bertz CT molecular complexity index is 633. The van der Waals surface area contributed by atoms with Gasteiger partial charge in [0.25, 0.3) is 0 Å². The summed E-state index contributed by atoms with van der Waals surface area (Å²) in [6.07, 6.45) is 0. The topological polar surface area (TPSA) is 43.4 Å². The fraction of sp³-hybridized carbons (Fsp3) is 0. The van der Waals surface area contributed by atoms with E-state index in [0.29, 0.717) is 10.0 Å². The largest absolute Gasteiger partial charge is 0.386 e. The number of carbonyl (C=O) groups is 2. The predicted octanol–water partition coefficient (Wildman–Crippen LogP) is 3.46. The lowest BCUT2D eigenvalue weighted by Crippen LogP contribution is -1.96. The number of hydrogen-bond donors (Lipinski definition) is 0. The average molecular weight is 267 g/mol. The number of benzene rings is 2. The highest BCUT2D eigenvalue weighted by molar-refractivity contribution is 6.42. The molecule has 0 atom stereocenters. The molecule has 3 rings (SSSR count). The number of fused-ring (bicyclic) bond motifs is 2. The lowest BCUT2D eigenvalue weighted by molar-refractivity contribution is 0.0444. The second-order valence-electron chi connectivity index (χ2n) is 3.69. The number of hydrogen-bond acceptors (Lipinski definition) is 3. The highest BCUT2D eigenvalue weighted by Gasteiger charge is 2.29. The molecule has 1 aliphatic rings.